The van der Waals surface area contributed by atoms with Gasteiger partial charge in [-0.05, 0) is 11.3 Å². The van der Waals surface area contributed by atoms with Gasteiger partial charge in [0.25, 0.3) is 5.91 Å². The summed E-state index contributed by atoms with van der Waals surface area (Å²) in [5.74, 6) is 1.88. The minimum absolute atomic E-state index is 0.138. The minimum Gasteiger partial charge on any atom is -0.341 e. The van der Waals surface area contributed by atoms with E-state index < -0.39 is 15.9 Å². The smallest absolute Gasteiger partial charge is 0.297 e. The van der Waals surface area contributed by atoms with E-state index in [1.54, 1.807) is 0 Å². The highest BCUT2D eigenvalue weighted by atomic mass is 79.9. The van der Waals surface area contributed by atoms with Gasteiger partial charge < -0.3 is 5.32 Å². The van der Waals surface area contributed by atoms with Gasteiger partial charge in [0.1, 0.15) is 0 Å². The maximum Gasteiger partial charge on any atom is 0.297 e. The second kappa shape index (κ2) is 4.96. The van der Waals surface area contributed by atoms with Crippen LogP contribution in [0.1, 0.15) is 6.42 Å². The van der Waals surface area contributed by atoms with E-state index in [4.69, 9.17) is 0 Å². The maximum atomic E-state index is 11.2. The van der Waals surface area contributed by atoms with Gasteiger partial charge in [0.15, 0.2) is 0 Å². The molecule has 0 aromatic heterocycles. The van der Waals surface area contributed by atoms with Crippen molar-refractivity contribution in [2.24, 2.45) is 0 Å². The van der Waals surface area contributed by atoms with E-state index in [0.717, 1.165) is 6.26 Å². The normalized spacial score (nSPS) is 21.9. The number of carbonyl (C=O) groups excluding carboxylic acids is 1. The first-order valence-corrected chi connectivity index (χ1v) is 6.95. The molecule has 0 radical (unpaired) electrons. The highest BCUT2D eigenvalue weighted by Crippen LogP contribution is 2.12. The van der Waals surface area contributed by atoms with Gasteiger partial charge in [-0.15, -0.1) is 0 Å². The van der Waals surface area contributed by atoms with Crippen LogP contribution in [0.2, 0.25) is 0 Å². The van der Waals surface area contributed by atoms with Crippen LogP contribution in [-0.4, -0.2) is 44.0 Å². The van der Waals surface area contributed by atoms with Crippen LogP contribution in [0.15, 0.2) is 0 Å². The van der Waals surface area contributed by atoms with Crippen LogP contribution in [0.25, 0.3) is 0 Å². The Hall–Kier alpha value is -0.580. The molecule has 0 aromatic rings. The Morgan fingerprint density at radius 3 is 2.73 bits per heavy atom. The molecule has 1 aliphatic rings. The summed E-state index contributed by atoms with van der Waals surface area (Å²) in [4.78, 5) is 13.4. The fraction of sp³-hybridized carbons (Fsp3) is 0.625. The summed E-state index contributed by atoms with van der Waals surface area (Å²) >= 11 is 2.81. The van der Waals surface area contributed by atoms with Crippen molar-refractivity contribution >= 4 is 31.9 Å². The summed E-state index contributed by atoms with van der Waals surface area (Å²) in [5.41, 5.74) is 0. The summed E-state index contributed by atoms with van der Waals surface area (Å²) in [6.45, 7) is 0.778. The van der Waals surface area contributed by atoms with Crippen molar-refractivity contribution in [1.29, 1.82) is 0 Å². The van der Waals surface area contributed by atoms with E-state index in [2.05, 4.69) is 32.0 Å². The van der Waals surface area contributed by atoms with Crippen LogP contribution in [0.5, 0.6) is 0 Å². The van der Waals surface area contributed by atoms with Gasteiger partial charge in [-0.1, -0.05) is 0 Å². The maximum absolute atomic E-state index is 11.2. The first-order valence-electron chi connectivity index (χ1n) is 4.30. The van der Waals surface area contributed by atoms with Crippen molar-refractivity contribution in [3.05, 3.63) is 0 Å². The Kier molecular flexibility index (Phi) is 4.13. The molecule has 1 atom stereocenters. The zero-order valence-corrected chi connectivity index (χ0v) is 10.6. The Bertz CT molecular complexity index is 409. The van der Waals surface area contributed by atoms with E-state index in [-0.39, 0.29) is 6.04 Å². The third-order valence-corrected chi connectivity index (χ3v) is 3.58. The predicted molar refractivity (Wildman–Crippen MR) is 59.7 cm³/mol. The fourth-order valence-corrected chi connectivity index (χ4v) is 2.48. The number of carbonyl (C=O) groups is 1. The molecule has 0 bridgehead atoms. The largest absolute Gasteiger partial charge is 0.341 e. The first-order chi connectivity index (χ1) is 6.93. The topological polar surface area (TPSA) is 66.5 Å². The molecule has 1 aliphatic heterocycles. The van der Waals surface area contributed by atoms with Gasteiger partial charge in [-0.2, -0.15) is 0 Å². The molecule has 1 N–H and O–H groups in total. The molecule has 1 heterocycles. The SMILES string of the molecule is CS(=O)(=O)N1CCC(NC(=O)C#CBr)C1. The molecular formula is C8H11BrN2O3S. The summed E-state index contributed by atoms with van der Waals surface area (Å²) in [6.07, 6.45) is 1.79. The van der Waals surface area contributed by atoms with Gasteiger partial charge in [-0.3, -0.25) is 4.79 Å². The molecule has 84 valence electrons. The summed E-state index contributed by atoms with van der Waals surface area (Å²) < 4.78 is 23.7. The molecule has 1 saturated heterocycles. The molecule has 0 spiro atoms. The fourth-order valence-electron chi connectivity index (χ4n) is 1.41. The Labute approximate surface area is 97.4 Å². The average Bonchev–Trinajstić information content (AvgIpc) is 2.52. The Morgan fingerprint density at radius 1 is 1.60 bits per heavy atom. The first kappa shape index (κ1) is 12.5. The number of hydrogen-bond acceptors (Lipinski definition) is 3. The van der Waals surface area contributed by atoms with Gasteiger partial charge in [0.2, 0.25) is 10.0 Å². The lowest BCUT2D eigenvalue weighted by Gasteiger charge is -2.13. The highest BCUT2D eigenvalue weighted by molar-refractivity contribution is 9.12. The van der Waals surface area contributed by atoms with Crippen LogP contribution < -0.4 is 5.32 Å². The standard InChI is InChI=1S/C8H11BrN2O3S/c1-15(13,14)11-5-3-7(6-11)10-8(12)2-4-9/h7H,3,5-6H2,1H3,(H,10,12). The lowest BCUT2D eigenvalue weighted by Crippen LogP contribution is -2.37. The van der Waals surface area contributed by atoms with E-state index in [1.807, 2.05) is 0 Å². The lowest BCUT2D eigenvalue weighted by molar-refractivity contribution is -0.116. The second-order valence-corrected chi connectivity index (χ2v) is 5.68. The van der Waals surface area contributed by atoms with Gasteiger partial charge in [-0.25, -0.2) is 12.7 Å². The van der Waals surface area contributed by atoms with Crippen molar-refractivity contribution < 1.29 is 13.2 Å². The molecule has 7 heteroatoms. The number of sulfonamides is 1. The number of rotatable bonds is 2. The summed E-state index contributed by atoms with van der Waals surface area (Å²) in [6, 6.07) is -0.138. The van der Waals surface area contributed by atoms with Gasteiger partial charge >= 0.3 is 0 Å². The van der Waals surface area contributed by atoms with Crippen LogP contribution in [0.3, 0.4) is 0 Å². The molecule has 0 aromatic carbocycles. The third kappa shape index (κ3) is 3.81. The number of amides is 1. The molecule has 15 heavy (non-hydrogen) atoms. The van der Waals surface area contributed by atoms with Crippen molar-refractivity contribution in [3.8, 4) is 10.8 Å². The highest BCUT2D eigenvalue weighted by Gasteiger charge is 2.28. The van der Waals surface area contributed by atoms with Crippen LogP contribution in [0.4, 0.5) is 0 Å². The predicted octanol–water partition coefficient (Wildman–Crippen LogP) is -0.508. The zero-order valence-electron chi connectivity index (χ0n) is 8.16. The molecule has 1 unspecified atom stereocenters. The third-order valence-electron chi connectivity index (χ3n) is 2.12. The van der Waals surface area contributed by atoms with E-state index in [0.29, 0.717) is 19.5 Å². The Balaban J connectivity index is 2.50. The number of nitrogens with zero attached hydrogens (tertiary/aromatic N) is 1. The molecule has 1 rings (SSSR count). The molecule has 1 fully saturated rings. The monoisotopic (exact) mass is 294 g/mol. The van der Waals surface area contributed by atoms with E-state index in [9.17, 15) is 13.2 Å². The number of halogens is 1. The van der Waals surface area contributed by atoms with Crippen LogP contribution >= 0.6 is 15.9 Å². The Morgan fingerprint density at radius 2 is 2.27 bits per heavy atom. The van der Waals surface area contributed by atoms with E-state index in [1.165, 1.54) is 4.31 Å². The minimum atomic E-state index is -3.15. The number of hydrogen-bond donors (Lipinski definition) is 1. The number of nitrogens with one attached hydrogen (secondary N) is 1. The van der Waals surface area contributed by atoms with Crippen LogP contribution in [-0.2, 0) is 14.8 Å². The van der Waals surface area contributed by atoms with E-state index >= 15 is 0 Å². The van der Waals surface area contributed by atoms with Gasteiger partial charge in [0.05, 0.1) is 6.26 Å². The molecule has 1 amide bonds. The van der Waals surface area contributed by atoms with Crippen molar-refractivity contribution in [2.75, 3.05) is 19.3 Å². The average molecular weight is 295 g/mol. The zero-order chi connectivity index (χ0) is 11.5. The van der Waals surface area contributed by atoms with Gasteiger partial charge in [0, 0.05) is 41.0 Å². The molecule has 0 saturated carbocycles. The van der Waals surface area contributed by atoms with Crippen LogP contribution in [0, 0.1) is 10.8 Å². The molecule has 0 aliphatic carbocycles. The molecule has 5 nitrogen and oxygen atoms in total. The summed E-state index contributed by atoms with van der Waals surface area (Å²) in [7, 11) is -3.15. The molecular weight excluding hydrogens is 284 g/mol. The lowest BCUT2D eigenvalue weighted by atomic mass is 10.2. The quantitative estimate of drug-likeness (QED) is 0.698. The van der Waals surface area contributed by atoms with Crippen molar-refractivity contribution in [3.63, 3.8) is 0 Å². The summed E-state index contributed by atoms with van der Waals surface area (Å²) in [5, 5.41) is 2.63. The van der Waals surface area contributed by atoms with Crippen molar-refractivity contribution in [1.82, 2.24) is 9.62 Å². The second-order valence-electron chi connectivity index (χ2n) is 3.30. The van der Waals surface area contributed by atoms with Crippen molar-refractivity contribution in [2.45, 2.75) is 12.5 Å².